The molecule has 3 heteroatoms. The van der Waals surface area contributed by atoms with E-state index in [1.54, 1.807) is 0 Å². The van der Waals surface area contributed by atoms with Crippen LogP contribution in [0.5, 0.6) is 0 Å². The van der Waals surface area contributed by atoms with Crippen LogP contribution in [-0.2, 0) is 9.53 Å². The highest BCUT2D eigenvalue weighted by molar-refractivity contribution is 5.69. The molecule has 0 aromatic rings. The third kappa shape index (κ3) is 2.83. The van der Waals surface area contributed by atoms with Crippen molar-refractivity contribution in [2.24, 2.45) is 23.7 Å². The van der Waals surface area contributed by atoms with Gasteiger partial charge in [-0.2, -0.15) is 0 Å². The molecule has 4 unspecified atom stereocenters. The van der Waals surface area contributed by atoms with Gasteiger partial charge in [0, 0.05) is 13.0 Å². The summed E-state index contributed by atoms with van der Waals surface area (Å²) in [6, 6.07) is 0. The van der Waals surface area contributed by atoms with Gasteiger partial charge in [0.15, 0.2) is 0 Å². The van der Waals surface area contributed by atoms with E-state index in [4.69, 9.17) is 0 Å². The summed E-state index contributed by atoms with van der Waals surface area (Å²) in [5.41, 5.74) is 0. The second-order valence-corrected chi connectivity index (χ2v) is 5.27. The molecule has 2 bridgehead atoms. The van der Waals surface area contributed by atoms with Crippen LogP contribution in [0.3, 0.4) is 0 Å². The van der Waals surface area contributed by atoms with E-state index in [1.807, 2.05) is 0 Å². The number of allylic oxidation sites excluding steroid dienone is 4. The highest BCUT2D eigenvalue weighted by Crippen LogP contribution is 2.48. The Hall–Kier alpha value is -1.09. The fourth-order valence-electron chi connectivity index (χ4n) is 3.22. The molecular weight excluding hydrogens is 228 g/mol. The molecule has 0 amide bonds. The van der Waals surface area contributed by atoms with Crippen LogP contribution >= 0.6 is 0 Å². The lowest BCUT2D eigenvalue weighted by Gasteiger charge is -2.23. The summed E-state index contributed by atoms with van der Waals surface area (Å²) in [5, 5.41) is 9.44. The molecule has 4 atom stereocenters. The molecule has 2 aliphatic rings. The third-order valence-electron chi connectivity index (χ3n) is 4.24. The lowest BCUT2D eigenvalue weighted by atomic mass is 9.83. The number of unbranched alkanes of at least 4 members (excludes halogenated alkanes) is 1. The molecule has 0 heterocycles. The molecule has 1 fully saturated rings. The van der Waals surface area contributed by atoms with Crippen molar-refractivity contribution < 1.29 is 14.6 Å². The van der Waals surface area contributed by atoms with Gasteiger partial charge in [-0.1, -0.05) is 24.3 Å². The van der Waals surface area contributed by atoms with Crippen molar-refractivity contribution in [2.75, 3.05) is 13.7 Å². The predicted octanol–water partition coefficient (Wildman–Crippen LogP) is 2.32. The summed E-state index contributed by atoms with van der Waals surface area (Å²) in [6.45, 7) is 0.280. The second-order valence-electron chi connectivity index (χ2n) is 5.27. The average Bonchev–Trinajstić information content (AvgIpc) is 2.98. The number of aliphatic hydroxyl groups is 1. The first kappa shape index (κ1) is 13.3. The Morgan fingerprint density at radius 1 is 1.44 bits per heavy atom. The lowest BCUT2D eigenvalue weighted by Crippen LogP contribution is -2.21. The molecule has 0 aromatic heterocycles. The minimum Gasteiger partial charge on any atom is -0.469 e. The molecule has 100 valence electrons. The van der Waals surface area contributed by atoms with E-state index in [9.17, 15) is 9.90 Å². The number of hydrogen-bond acceptors (Lipinski definition) is 3. The zero-order chi connectivity index (χ0) is 13.0. The average molecular weight is 250 g/mol. The Balaban J connectivity index is 1.75. The van der Waals surface area contributed by atoms with Crippen LogP contribution in [0.1, 0.15) is 25.7 Å². The molecule has 0 aliphatic heterocycles. The maximum Gasteiger partial charge on any atom is 0.305 e. The van der Waals surface area contributed by atoms with Gasteiger partial charge in [0.1, 0.15) is 0 Å². The van der Waals surface area contributed by atoms with E-state index in [1.165, 1.54) is 13.5 Å². The highest BCUT2D eigenvalue weighted by atomic mass is 16.5. The van der Waals surface area contributed by atoms with E-state index >= 15 is 0 Å². The Morgan fingerprint density at radius 2 is 2.22 bits per heavy atom. The topological polar surface area (TPSA) is 46.5 Å². The molecule has 2 aliphatic carbocycles. The summed E-state index contributed by atoms with van der Waals surface area (Å²) in [5.74, 6) is 1.94. The zero-order valence-corrected chi connectivity index (χ0v) is 10.9. The van der Waals surface area contributed by atoms with Gasteiger partial charge in [-0.05, 0) is 42.9 Å². The minimum atomic E-state index is -0.139. The summed E-state index contributed by atoms with van der Waals surface area (Å²) >= 11 is 0. The first-order chi connectivity index (χ1) is 8.76. The molecule has 0 aromatic carbocycles. The molecule has 0 radical (unpaired) electrons. The van der Waals surface area contributed by atoms with Crippen molar-refractivity contribution >= 4 is 5.97 Å². The van der Waals surface area contributed by atoms with Crippen molar-refractivity contribution in [1.82, 2.24) is 0 Å². The molecule has 0 spiro atoms. The van der Waals surface area contributed by atoms with Crippen LogP contribution in [0.25, 0.3) is 0 Å². The van der Waals surface area contributed by atoms with E-state index in [0.29, 0.717) is 30.1 Å². The Bertz CT molecular complexity index is 346. The predicted molar refractivity (Wildman–Crippen MR) is 69.8 cm³/mol. The number of esters is 1. The van der Waals surface area contributed by atoms with Gasteiger partial charge in [0.2, 0.25) is 0 Å². The monoisotopic (exact) mass is 250 g/mol. The van der Waals surface area contributed by atoms with Crippen LogP contribution in [0.15, 0.2) is 24.3 Å². The second kappa shape index (κ2) is 6.19. The Morgan fingerprint density at radius 3 is 2.94 bits per heavy atom. The summed E-state index contributed by atoms with van der Waals surface area (Å²) < 4.78 is 4.60. The standard InChI is InChI=1S/C15H22O3/c1-18-15(17)6-4-2-3-5-13-11-7-8-12(9-11)14(13)10-16/h3,5,7-8,11-14,16H,2,4,6,9-10H2,1H3/b5-3+. The number of carbonyl (C=O) groups excluding carboxylic acids is 1. The van der Waals surface area contributed by atoms with E-state index in [-0.39, 0.29) is 12.6 Å². The SMILES string of the molecule is COC(=O)CCC/C=C/C1C2C=CC(C2)C1CO. The first-order valence-corrected chi connectivity index (χ1v) is 6.79. The van der Waals surface area contributed by atoms with E-state index < -0.39 is 0 Å². The largest absolute Gasteiger partial charge is 0.469 e. The van der Waals surface area contributed by atoms with Gasteiger partial charge in [-0.3, -0.25) is 4.79 Å². The van der Waals surface area contributed by atoms with Crippen molar-refractivity contribution in [2.45, 2.75) is 25.7 Å². The normalized spacial score (nSPS) is 33.4. The Kier molecular flexibility index (Phi) is 4.59. The molecule has 0 saturated heterocycles. The summed E-state index contributed by atoms with van der Waals surface area (Å²) in [4.78, 5) is 10.9. The minimum absolute atomic E-state index is 0.139. The first-order valence-electron chi connectivity index (χ1n) is 6.79. The van der Waals surface area contributed by atoms with Crippen molar-refractivity contribution in [3.8, 4) is 0 Å². The number of aliphatic hydroxyl groups excluding tert-OH is 1. The van der Waals surface area contributed by atoms with Crippen LogP contribution in [-0.4, -0.2) is 24.8 Å². The van der Waals surface area contributed by atoms with Crippen molar-refractivity contribution in [3.63, 3.8) is 0 Å². The van der Waals surface area contributed by atoms with Crippen molar-refractivity contribution in [3.05, 3.63) is 24.3 Å². The fourth-order valence-corrected chi connectivity index (χ4v) is 3.22. The molecule has 3 nitrogen and oxygen atoms in total. The maximum absolute atomic E-state index is 10.9. The van der Waals surface area contributed by atoms with Crippen molar-refractivity contribution in [1.29, 1.82) is 0 Å². The smallest absolute Gasteiger partial charge is 0.305 e. The number of carbonyl (C=O) groups is 1. The number of rotatable bonds is 6. The van der Waals surface area contributed by atoms with Gasteiger partial charge in [-0.25, -0.2) is 0 Å². The quantitative estimate of drug-likeness (QED) is 0.447. The molecule has 2 rings (SSSR count). The number of hydrogen-bond donors (Lipinski definition) is 1. The van der Waals surface area contributed by atoms with Crippen LogP contribution < -0.4 is 0 Å². The van der Waals surface area contributed by atoms with Gasteiger partial charge < -0.3 is 9.84 Å². The molecule has 1 saturated carbocycles. The summed E-state index contributed by atoms with van der Waals surface area (Å²) in [7, 11) is 1.42. The molecular formula is C15H22O3. The summed E-state index contributed by atoms with van der Waals surface area (Å²) in [6.07, 6.45) is 12.4. The van der Waals surface area contributed by atoms with Gasteiger partial charge in [-0.15, -0.1) is 0 Å². The highest BCUT2D eigenvalue weighted by Gasteiger charge is 2.42. The Labute approximate surface area is 109 Å². The van der Waals surface area contributed by atoms with Crippen LogP contribution in [0.4, 0.5) is 0 Å². The van der Waals surface area contributed by atoms with Crippen LogP contribution in [0, 0.1) is 23.7 Å². The van der Waals surface area contributed by atoms with Crippen LogP contribution in [0.2, 0.25) is 0 Å². The number of ether oxygens (including phenoxy) is 1. The molecule has 1 N–H and O–H groups in total. The lowest BCUT2D eigenvalue weighted by molar-refractivity contribution is -0.140. The van der Waals surface area contributed by atoms with E-state index in [2.05, 4.69) is 29.0 Å². The third-order valence-corrected chi connectivity index (χ3v) is 4.24. The van der Waals surface area contributed by atoms with E-state index in [0.717, 1.165) is 12.8 Å². The van der Waals surface area contributed by atoms with Gasteiger partial charge in [0.05, 0.1) is 7.11 Å². The number of methoxy groups -OCH3 is 1. The number of fused-ring (bicyclic) bond motifs is 2. The van der Waals surface area contributed by atoms with Gasteiger partial charge in [0.25, 0.3) is 0 Å². The molecule has 18 heavy (non-hydrogen) atoms. The fraction of sp³-hybridized carbons (Fsp3) is 0.667. The zero-order valence-electron chi connectivity index (χ0n) is 10.9. The van der Waals surface area contributed by atoms with Gasteiger partial charge >= 0.3 is 5.97 Å². The maximum atomic E-state index is 10.9.